The third-order valence-corrected chi connectivity index (χ3v) is 6.70. The third kappa shape index (κ3) is 25.5. The second kappa shape index (κ2) is 26.5. The molecule has 0 aromatic carbocycles. The quantitative estimate of drug-likeness (QED) is 0.0913. The molecule has 0 rings (SSSR count). The zero-order chi connectivity index (χ0) is 25.1. The summed E-state index contributed by atoms with van der Waals surface area (Å²) in [7, 11) is 0. The van der Waals surface area contributed by atoms with Gasteiger partial charge in [0.15, 0.2) is 0 Å². The number of rotatable bonds is 27. The Morgan fingerprint density at radius 2 is 1.15 bits per heavy atom. The van der Waals surface area contributed by atoms with Crippen LogP contribution in [0.15, 0.2) is 0 Å². The van der Waals surface area contributed by atoms with Crippen molar-refractivity contribution in [3.63, 3.8) is 0 Å². The lowest BCUT2D eigenvalue weighted by Crippen LogP contribution is -2.16. The number of hydrogen-bond donors (Lipinski definition) is 2. The Hall–Kier alpha value is -1.10. The first-order chi connectivity index (χ1) is 16.6. The Balaban J connectivity index is 3.48. The van der Waals surface area contributed by atoms with Crippen molar-refractivity contribution in [2.24, 2.45) is 5.92 Å². The fourth-order valence-corrected chi connectivity index (χ4v) is 4.44. The number of nitrogens with one attached hydrogen (secondary N) is 1. The lowest BCUT2D eigenvalue weighted by molar-refractivity contribution is -0.144. The highest BCUT2D eigenvalue weighted by atomic mass is 16.5. The van der Waals surface area contributed by atoms with Crippen molar-refractivity contribution in [1.29, 1.82) is 0 Å². The van der Waals surface area contributed by atoms with Gasteiger partial charge in [0.2, 0.25) is 0 Å². The Labute approximate surface area is 211 Å². The van der Waals surface area contributed by atoms with Crippen molar-refractivity contribution >= 4 is 11.9 Å². The molecule has 34 heavy (non-hydrogen) atoms. The molecule has 0 saturated carbocycles. The molecule has 0 fully saturated rings. The predicted molar refractivity (Wildman–Crippen MR) is 143 cm³/mol. The number of aliphatic carboxylic acids is 1. The van der Waals surface area contributed by atoms with Crippen molar-refractivity contribution in [3.05, 3.63) is 0 Å². The van der Waals surface area contributed by atoms with E-state index in [1.165, 1.54) is 83.5 Å². The topological polar surface area (TPSA) is 75.6 Å². The maximum absolute atomic E-state index is 12.0. The summed E-state index contributed by atoms with van der Waals surface area (Å²) < 4.78 is 5.53. The zero-order valence-electron chi connectivity index (χ0n) is 22.7. The van der Waals surface area contributed by atoms with E-state index in [9.17, 15) is 9.59 Å². The van der Waals surface area contributed by atoms with Crippen LogP contribution in [0.25, 0.3) is 0 Å². The van der Waals surface area contributed by atoms with E-state index in [2.05, 4.69) is 19.2 Å². The van der Waals surface area contributed by atoms with Crippen molar-refractivity contribution in [2.45, 2.75) is 149 Å². The third-order valence-electron chi connectivity index (χ3n) is 6.70. The number of hydrogen-bond acceptors (Lipinski definition) is 4. The van der Waals surface area contributed by atoms with Gasteiger partial charge in [0.05, 0.1) is 6.61 Å². The average Bonchev–Trinajstić information content (AvgIpc) is 2.81. The van der Waals surface area contributed by atoms with E-state index in [0.29, 0.717) is 19.4 Å². The predicted octanol–water partition coefficient (Wildman–Crippen LogP) is 8.05. The maximum atomic E-state index is 12.0. The fraction of sp³-hybridized carbons (Fsp3) is 0.931. The van der Waals surface area contributed by atoms with E-state index < -0.39 is 5.97 Å². The summed E-state index contributed by atoms with van der Waals surface area (Å²) in [6, 6.07) is 0. The van der Waals surface area contributed by atoms with Gasteiger partial charge in [0.25, 0.3) is 0 Å². The minimum atomic E-state index is -0.684. The second-order valence-electron chi connectivity index (χ2n) is 10.0. The molecule has 5 heteroatoms. The molecule has 0 saturated heterocycles. The van der Waals surface area contributed by atoms with Crippen LogP contribution >= 0.6 is 0 Å². The number of carbonyl (C=O) groups excluding carboxylic acids is 1. The molecular weight excluding hydrogens is 426 g/mol. The molecule has 0 aliphatic heterocycles. The molecule has 0 bridgehead atoms. The van der Waals surface area contributed by atoms with Crippen LogP contribution in [0.1, 0.15) is 149 Å². The Morgan fingerprint density at radius 1 is 0.647 bits per heavy atom. The summed E-state index contributed by atoms with van der Waals surface area (Å²) >= 11 is 0. The van der Waals surface area contributed by atoms with Crippen LogP contribution in [0.5, 0.6) is 0 Å². The first-order valence-electron chi connectivity index (χ1n) is 14.7. The van der Waals surface area contributed by atoms with Gasteiger partial charge in [-0.25, -0.2) is 0 Å². The molecule has 0 aliphatic carbocycles. The van der Waals surface area contributed by atoms with E-state index in [-0.39, 0.29) is 5.97 Å². The number of carboxylic acid groups (broad SMARTS) is 1. The Morgan fingerprint density at radius 3 is 1.68 bits per heavy atom. The molecule has 0 aromatic rings. The van der Waals surface area contributed by atoms with Crippen LogP contribution < -0.4 is 5.32 Å². The molecular formula is C29H57NO4. The molecule has 2 N–H and O–H groups in total. The molecule has 0 atom stereocenters. The lowest BCUT2D eigenvalue weighted by atomic mass is 9.92. The van der Waals surface area contributed by atoms with Gasteiger partial charge in [0.1, 0.15) is 0 Å². The highest BCUT2D eigenvalue weighted by Gasteiger charge is 2.10. The van der Waals surface area contributed by atoms with Crippen LogP contribution in [-0.2, 0) is 14.3 Å². The number of ether oxygens (including phenoxy) is 1. The molecule has 202 valence electrons. The van der Waals surface area contributed by atoms with Gasteiger partial charge < -0.3 is 15.2 Å². The van der Waals surface area contributed by atoms with Crippen LogP contribution in [0.4, 0.5) is 0 Å². The first kappa shape index (κ1) is 32.9. The van der Waals surface area contributed by atoms with Gasteiger partial charge in [-0.05, 0) is 51.1 Å². The number of carbonyl (C=O) groups is 2. The van der Waals surface area contributed by atoms with Gasteiger partial charge in [-0.3, -0.25) is 9.59 Å². The van der Waals surface area contributed by atoms with Crippen molar-refractivity contribution in [2.75, 3.05) is 19.7 Å². The van der Waals surface area contributed by atoms with E-state index in [4.69, 9.17) is 9.84 Å². The summed E-state index contributed by atoms with van der Waals surface area (Å²) in [6.45, 7) is 7.24. The Kier molecular flexibility index (Phi) is 25.6. The SMILES string of the molecule is CCCCCC(CCCCC)CCOC(=O)CCCCCCCNCCCCCCCC(=O)O. The second-order valence-corrected chi connectivity index (χ2v) is 10.0. The molecule has 0 heterocycles. The monoisotopic (exact) mass is 483 g/mol. The lowest BCUT2D eigenvalue weighted by Gasteiger charge is -2.16. The van der Waals surface area contributed by atoms with E-state index in [1.807, 2.05) is 0 Å². The highest BCUT2D eigenvalue weighted by Crippen LogP contribution is 2.21. The maximum Gasteiger partial charge on any atom is 0.305 e. The Bertz CT molecular complexity index is 445. The van der Waals surface area contributed by atoms with Gasteiger partial charge in [-0.1, -0.05) is 104 Å². The van der Waals surface area contributed by atoms with Crippen LogP contribution in [0.3, 0.4) is 0 Å². The minimum Gasteiger partial charge on any atom is -0.481 e. The minimum absolute atomic E-state index is 0.00880. The number of carboxylic acids is 1. The molecule has 0 radical (unpaired) electrons. The van der Waals surface area contributed by atoms with Gasteiger partial charge >= 0.3 is 11.9 Å². The smallest absolute Gasteiger partial charge is 0.305 e. The average molecular weight is 484 g/mol. The zero-order valence-corrected chi connectivity index (χ0v) is 22.7. The molecule has 0 amide bonds. The summed E-state index contributed by atoms with van der Waals surface area (Å²) in [5.74, 6) is 0.0325. The van der Waals surface area contributed by atoms with E-state index in [1.54, 1.807) is 0 Å². The fourth-order valence-electron chi connectivity index (χ4n) is 4.44. The summed E-state index contributed by atoms with van der Waals surface area (Å²) in [4.78, 5) is 22.5. The largest absolute Gasteiger partial charge is 0.481 e. The molecule has 0 aromatic heterocycles. The number of unbranched alkanes of at least 4 members (excludes halogenated alkanes) is 12. The van der Waals surface area contributed by atoms with Crippen LogP contribution in [0, 0.1) is 5.92 Å². The van der Waals surface area contributed by atoms with Gasteiger partial charge in [-0.15, -0.1) is 0 Å². The van der Waals surface area contributed by atoms with Gasteiger partial charge in [0, 0.05) is 12.8 Å². The molecule has 0 aliphatic rings. The van der Waals surface area contributed by atoms with E-state index in [0.717, 1.165) is 57.5 Å². The number of esters is 1. The summed E-state index contributed by atoms with van der Waals surface area (Å²) in [5.41, 5.74) is 0. The van der Waals surface area contributed by atoms with Crippen LogP contribution in [0.2, 0.25) is 0 Å². The van der Waals surface area contributed by atoms with Crippen molar-refractivity contribution in [3.8, 4) is 0 Å². The summed E-state index contributed by atoms with van der Waals surface area (Å²) in [5, 5.41) is 12.1. The standard InChI is InChI=1S/C29H57NO4/c1-3-5-13-19-27(20-14-6-4-2)23-26-34-29(33)22-16-10-8-12-18-25-30-24-17-11-7-9-15-21-28(31)32/h27,30H,3-26H2,1-2H3,(H,31,32). The van der Waals surface area contributed by atoms with Crippen molar-refractivity contribution < 1.29 is 19.4 Å². The molecule has 5 nitrogen and oxygen atoms in total. The highest BCUT2D eigenvalue weighted by molar-refractivity contribution is 5.69. The summed E-state index contributed by atoms with van der Waals surface area (Å²) in [6.07, 6.45) is 23.3. The normalized spacial score (nSPS) is 11.3. The molecule has 0 unspecified atom stereocenters. The van der Waals surface area contributed by atoms with E-state index >= 15 is 0 Å². The van der Waals surface area contributed by atoms with Crippen molar-refractivity contribution in [1.82, 2.24) is 5.32 Å². The van der Waals surface area contributed by atoms with Gasteiger partial charge in [-0.2, -0.15) is 0 Å². The molecule has 0 spiro atoms. The van der Waals surface area contributed by atoms with Crippen LogP contribution in [-0.4, -0.2) is 36.7 Å². The first-order valence-corrected chi connectivity index (χ1v) is 14.7.